The number of rotatable bonds is 6. The maximum absolute atomic E-state index is 12.6. The minimum absolute atomic E-state index is 0.205. The number of nitrogens with zero attached hydrogens (tertiary/aromatic N) is 5. The van der Waals surface area contributed by atoms with Crippen LogP contribution in [0.5, 0.6) is 0 Å². The van der Waals surface area contributed by atoms with E-state index in [0.29, 0.717) is 22.2 Å². The summed E-state index contributed by atoms with van der Waals surface area (Å²) in [5, 5.41) is 7.60. The van der Waals surface area contributed by atoms with Gasteiger partial charge < -0.3 is 10.2 Å². The molecule has 0 bridgehead atoms. The molecule has 9 heteroatoms. The quantitative estimate of drug-likeness (QED) is 0.700. The van der Waals surface area contributed by atoms with E-state index in [4.69, 9.17) is 11.6 Å². The van der Waals surface area contributed by atoms with Gasteiger partial charge >= 0.3 is 5.69 Å². The average molecular weight is 389 g/mol. The van der Waals surface area contributed by atoms with Crippen LogP contribution in [0.4, 0.5) is 11.5 Å². The molecule has 2 aromatic heterocycles. The number of amides is 1. The number of aromatic nitrogens is 4. The van der Waals surface area contributed by atoms with Crippen LogP contribution >= 0.6 is 11.6 Å². The summed E-state index contributed by atoms with van der Waals surface area (Å²) < 4.78 is 2.52. The Bertz CT molecular complexity index is 1040. The minimum atomic E-state index is -0.393. The highest BCUT2D eigenvalue weighted by Crippen LogP contribution is 2.20. The maximum atomic E-state index is 12.6. The first-order valence-electron chi connectivity index (χ1n) is 8.62. The molecule has 0 fully saturated rings. The van der Waals surface area contributed by atoms with E-state index in [1.54, 1.807) is 24.5 Å². The monoisotopic (exact) mass is 388 g/mol. The highest BCUT2D eigenvalue weighted by molar-refractivity contribution is 6.31. The lowest BCUT2D eigenvalue weighted by Crippen LogP contribution is -2.28. The molecule has 1 N–H and O–H groups in total. The molecule has 0 saturated heterocycles. The van der Waals surface area contributed by atoms with Crippen LogP contribution in [0.25, 0.3) is 5.65 Å². The molecule has 1 amide bonds. The number of benzene rings is 1. The Kier molecular flexibility index (Phi) is 5.46. The van der Waals surface area contributed by atoms with Crippen LogP contribution in [0, 0.1) is 6.92 Å². The van der Waals surface area contributed by atoms with Crippen molar-refractivity contribution in [3.8, 4) is 0 Å². The molecule has 142 valence electrons. The van der Waals surface area contributed by atoms with E-state index in [2.05, 4.69) is 22.3 Å². The Morgan fingerprint density at radius 1 is 1.37 bits per heavy atom. The summed E-state index contributed by atoms with van der Waals surface area (Å²) in [5.74, 6) is 0.234. The summed E-state index contributed by atoms with van der Waals surface area (Å²) in [5.41, 5.74) is 1.51. The SMILES string of the molecule is CCCN(C)c1nccn2c(=O)n(CC(=O)Nc3ccc(C)c(Cl)c3)nc12. The molecule has 0 aliphatic rings. The number of carbonyl (C=O) groups is 1. The van der Waals surface area contributed by atoms with Gasteiger partial charge in [-0.3, -0.25) is 4.79 Å². The second-order valence-corrected chi connectivity index (χ2v) is 6.73. The largest absolute Gasteiger partial charge is 0.357 e. The van der Waals surface area contributed by atoms with Crippen molar-refractivity contribution >= 4 is 34.7 Å². The fourth-order valence-corrected chi connectivity index (χ4v) is 2.94. The molecule has 1 aromatic carbocycles. The second kappa shape index (κ2) is 7.79. The molecule has 0 aliphatic heterocycles. The number of fused-ring (bicyclic) bond motifs is 1. The third kappa shape index (κ3) is 3.95. The number of hydrogen-bond donors (Lipinski definition) is 1. The average Bonchev–Trinajstić information content (AvgIpc) is 2.94. The van der Waals surface area contributed by atoms with E-state index in [0.717, 1.165) is 23.2 Å². The Labute approximate surface area is 161 Å². The van der Waals surface area contributed by atoms with Crippen LogP contribution in [-0.2, 0) is 11.3 Å². The molecule has 3 rings (SSSR count). The number of aryl methyl sites for hydroxylation is 1. The van der Waals surface area contributed by atoms with E-state index < -0.39 is 5.69 Å². The molecule has 0 saturated carbocycles. The summed E-state index contributed by atoms with van der Waals surface area (Å²) in [6.07, 6.45) is 4.03. The molecule has 2 heterocycles. The van der Waals surface area contributed by atoms with Gasteiger partial charge in [0.25, 0.3) is 0 Å². The predicted molar refractivity (Wildman–Crippen MR) is 106 cm³/mol. The van der Waals surface area contributed by atoms with Crippen molar-refractivity contribution in [3.05, 3.63) is 51.7 Å². The van der Waals surface area contributed by atoms with E-state index in [1.807, 2.05) is 24.9 Å². The Morgan fingerprint density at radius 3 is 2.85 bits per heavy atom. The standard InChI is InChI=1S/C18H21ClN6O2/c1-4-8-23(3)16-17-22-25(18(27)24(17)9-7-20-16)11-15(26)21-13-6-5-12(2)14(19)10-13/h5-7,9-10H,4,8,11H2,1-3H3,(H,21,26). The van der Waals surface area contributed by atoms with Crippen molar-refractivity contribution in [3.63, 3.8) is 0 Å². The molecule has 27 heavy (non-hydrogen) atoms. The highest BCUT2D eigenvalue weighted by atomic mass is 35.5. The van der Waals surface area contributed by atoms with Crippen molar-refractivity contribution in [2.24, 2.45) is 0 Å². The first kappa shape index (κ1) is 18.9. The van der Waals surface area contributed by atoms with Gasteiger partial charge in [0.1, 0.15) is 6.54 Å². The molecule has 8 nitrogen and oxygen atoms in total. The predicted octanol–water partition coefficient (Wildman–Crippen LogP) is 2.34. The van der Waals surface area contributed by atoms with Gasteiger partial charge in [0.15, 0.2) is 5.82 Å². The van der Waals surface area contributed by atoms with Crippen LogP contribution in [-0.4, -0.2) is 38.7 Å². The van der Waals surface area contributed by atoms with Crippen LogP contribution in [0.3, 0.4) is 0 Å². The van der Waals surface area contributed by atoms with Crippen LogP contribution in [0.2, 0.25) is 5.02 Å². The Balaban J connectivity index is 1.85. The summed E-state index contributed by atoms with van der Waals surface area (Å²) in [7, 11) is 1.89. The lowest BCUT2D eigenvalue weighted by atomic mass is 10.2. The van der Waals surface area contributed by atoms with E-state index >= 15 is 0 Å². The van der Waals surface area contributed by atoms with Crippen molar-refractivity contribution < 1.29 is 4.79 Å². The van der Waals surface area contributed by atoms with Crippen molar-refractivity contribution in [2.75, 3.05) is 23.8 Å². The summed E-state index contributed by atoms with van der Waals surface area (Å²) in [6.45, 7) is 4.51. The molecule has 0 aliphatic carbocycles. The highest BCUT2D eigenvalue weighted by Gasteiger charge is 2.16. The third-order valence-electron chi connectivity index (χ3n) is 4.15. The van der Waals surface area contributed by atoms with Gasteiger partial charge in [-0.25, -0.2) is 18.9 Å². The summed E-state index contributed by atoms with van der Waals surface area (Å²) in [4.78, 5) is 31.2. The molecule has 0 radical (unpaired) electrons. The molecular formula is C18H21ClN6O2. The number of nitrogens with one attached hydrogen (secondary N) is 1. The molecule has 0 unspecified atom stereocenters. The second-order valence-electron chi connectivity index (χ2n) is 6.32. The third-order valence-corrected chi connectivity index (χ3v) is 4.56. The van der Waals surface area contributed by atoms with E-state index in [1.165, 1.54) is 4.40 Å². The molecule has 3 aromatic rings. The lowest BCUT2D eigenvalue weighted by molar-refractivity contribution is -0.117. The van der Waals surface area contributed by atoms with Crippen molar-refractivity contribution in [2.45, 2.75) is 26.8 Å². The number of anilines is 2. The molecular weight excluding hydrogens is 368 g/mol. The van der Waals surface area contributed by atoms with Crippen LogP contribution in [0.1, 0.15) is 18.9 Å². The number of carbonyl (C=O) groups excluding carboxylic acids is 1. The van der Waals surface area contributed by atoms with Crippen molar-refractivity contribution in [1.82, 2.24) is 19.2 Å². The minimum Gasteiger partial charge on any atom is -0.357 e. The first-order valence-corrected chi connectivity index (χ1v) is 8.99. The van der Waals surface area contributed by atoms with E-state index in [9.17, 15) is 9.59 Å². The lowest BCUT2D eigenvalue weighted by Gasteiger charge is -2.16. The zero-order chi connectivity index (χ0) is 19.6. The fraction of sp³-hybridized carbons (Fsp3) is 0.333. The van der Waals surface area contributed by atoms with Crippen LogP contribution in [0.15, 0.2) is 35.4 Å². The fourth-order valence-electron chi connectivity index (χ4n) is 2.76. The Morgan fingerprint density at radius 2 is 2.15 bits per heavy atom. The van der Waals surface area contributed by atoms with Gasteiger partial charge in [0.05, 0.1) is 0 Å². The van der Waals surface area contributed by atoms with Gasteiger partial charge in [-0.1, -0.05) is 24.6 Å². The topological polar surface area (TPSA) is 84.5 Å². The number of hydrogen-bond acceptors (Lipinski definition) is 5. The Hall–Kier alpha value is -2.87. The first-order chi connectivity index (χ1) is 12.9. The number of halogens is 1. The zero-order valence-electron chi connectivity index (χ0n) is 15.4. The van der Waals surface area contributed by atoms with Gasteiger partial charge in [-0.15, -0.1) is 5.10 Å². The van der Waals surface area contributed by atoms with Crippen molar-refractivity contribution in [1.29, 1.82) is 0 Å². The summed E-state index contributed by atoms with van der Waals surface area (Å²) >= 11 is 6.08. The summed E-state index contributed by atoms with van der Waals surface area (Å²) in [6, 6.07) is 5.24. The normalized spacial score (nSPS) is 11.0. The smallest absolute Gasteiger partial charge is 0.350 e. The molecule has 0 atom stereocenters. The van der Waals surface area contributed by atoms with Gasteiger partial charge in [0, 0.05) is 36.7 Å². The molecule has 0 spiro atoms. The maximum Gasteiger partial charge on any atom is 0.350 e. The van der Waals surface area contributed by atoms with Gasteiger partial charge in [-0.05, 0) is 31.0 Å². The zero-order valence-corrected chi connectivity index (χ0v) is 16.2. The van der Waals surface area contributed by atoms with Gasteiger partial charge in [0.2, 0.25) is 11.6 Å². The van der Waals surface area contributed by atoms with Gasteiger partial charge in [-0.2, -0.15) is 0 Å². The van der Waals surface area contributed by atoms with Crippen LogP contribution < -0.4 is 15.9 Å². The van der Waals surface area contributed by atoms with E-state index in [-0.39, 0.29) is 12.5 Å².